The molecule has 5 rings (SSSR count). The van der Waals surface area contributed by atoms with E-state index in [0.717, 1.165) is 17.7 Å². The highest BCUT2D eigenvalue weighted by atomic mass is 19.2. The molecule has 0 fully saturated rings. The Morgan fingerprint density at radius 2 is 1.75 bits per heavy atom. The number of benzene rings is 3. The molecule has 1 aliphatic heterocycles. The quantitative estimate of drug-likeness (QED) is 0.377. The molecule has 3 aromatic carbocycles. The van der Waals surface area contributed by atoms with Crippen molar-refractivity contribution in [2.75, 3.05) is 12.0 Å². The second kappa shape index (κ2) is 9.21. The molecule has 1 aliphatic rings. The van der Waals surface area contributed by atoms with E-state index in [1.54, 1.807) is 13.0 Å². The van der Waals surface area contributed by atoms with Crippen LogP contribution in [0.15, 0.2) is 77.0 Å². The van der Waals surface area contributed by atoms with Gasteiger partial charge in [0.25, 0.3) is 5.89 Å². The van der Waals surface area contributed by atoms with Gasteiger partial charge in [0.15, 0.2) is 23.2 Å². The number of urea groups is 1. The molecule has 0 bridgehead atoms. The van der Waals surface area contributed by atoms with Gasteiger partial charge in [0.2, 0.25) is 5.82 Å². The zero-order valence-corrected chi connectivity index (χ0v) is 19.1. The van der Waals surface area contributed by atoms with Crippen molar-refractivity contribution in [3.63, 3.8) is 0 Å². The molecule has 4 aromatic rings. The number of carbonyl (C=O) groups is 1. The Bertz CT molecular complexity index is 1490. The molecular formula is C26H19F3N4O3. The smallest absolute Gasteiger partial charge is 0.327 e. The zero-order valence-electron chi connectivity index (χ0n) is 19.1. The lowest BCUT2D eigenvalue weighted by Crippen LogP contribution is -2.46. The first kappa shape index (κ1) is 23.2. The van der Waals surface area contributed by atoms with Crippen LogP contribution in [-0.2, 0) is 0 Å². The van der Waals surface area contributed by atoms with Crippen molar-refractivity contribution in [2.45, 2.75) is 13.0 Å². The minimum Gasteiger partial charge on any atom is -0.494 e. The van der Waals surface area contributed by atoms with Gasteiger partial charge in [-0.05, 0) is 42.8 Å². The fourth-order valence-electron chi connectivity index (χ4n) is 4.11. The Morgan fingerprint density at radius 1 is 0.972 bits per heavy atom. The molecule has 10 heteroatoms. The van der Waals surface area contributed by atoms with Gasteiger partial charge in [0, 0.05) is 17.3 Å². The van der Waals surface area contributed by atoms with Gasteiger partial charge in [-0.1, -0.05) is 35.5 Å². The van der Waals surface area contributed by atoms with Crippen LogP contribution in [0.1, 0.15) is 24.4 Å². The molecule has 7 nitrogen and oxygen atoms in total. The lowest BCUT2D eigenvalue weighted by molar-refractivity contribution is 0.244. The van der Waals surface area contributed by atoms with E-state index in [9.17, 15) is 18.0 Å². The van der Waals surface area contributed by atoms with Crippen molar-refractivity contribution in [2.24, 2.45) is 0 Å². The highest BCUT2D eigenvalue weighted by Crippen LogP contribution is 2.39. The molecule has 0 aliphatic carbocycles. The van der Waals surface area contributed by atoms with Gasteiger partial charge in [0.1, 0.15) is 0 Å². The van der Waals surface area contributed by atoms with Crippen molar-refractivity contribution < 1.29 is 27.2 Å². The maximum Gasteiger partial charge on any atom is 0.327 e. The van der Waals surface area contributed by atoms with Crippen LogP contribution in [0.4, 0.5) is 23.7 Å². The van der Waals surface area contributed by atoms with Gasteiger partial charge < -0.3 is 14.6 Å². The molecule has 182 valence electrons. The van der Waals surface area contributed by atoms with Crippen molar-refractivity contribution in [3.05, 3.63) is 101 Å². The van der Waals surface area contributed by atoms with E-state index in [1.807, 2.05) is 30.3 Å². The van der Waals surface area contributed by atoms with Crippen LogP contribution in [0.2, 0.25) is 0 Å². The summed E-state index contributed by atoms with van der Waals surface area (Å²) in [5.74, 6) is -2.46. The number of nitrogens with one attached hydrogen (secondary N) is 1. The summed E-state index contributed by atoms with van der Waals surface area (Å²) in [6.07, 6.45) is 0. The maximum absolute atomic E-state index is 14.3. The fourth-order valence-corrected chi connectivity index (χ4v) is 4.11. The van der Waals surface area contributed by atoms with Gasteiger partial charge in [-0.25, -0.2) is 18.0 Å². The summed E-state index contributed by atoms with van der Waals surface area (Å²) >= 11 is 0. The summed E-state index contributed by atoms with van der Waals surface area (Å²) < 4.78 is 52.3. The first-order valence-corrected chi connectivity index (χ1v) is 10.9. The molecule has 0 saturated carbocycles. The monoisotopic (exact) mass is 492 g/mol. The SMILES string of the molecule is COc1ccc(-c2noc(C3=C(C)N(c4ccc(F)c(F)c4)C(=O)NC3c3ccccc3)n2)cc1F. The third kappa shape index (κ3) is 4.06. The van der Waals surface area contributed by atoms with Gasteiger partial charge in [-0.2, -0.15) is 4.98 Å². The largest absolute Gasteiger partial charge is 0.494 e. The van der Waals surface area contributed by atoms with E-state index in [2.05, 4.69) is 15.5 Å². The number of methoxy groups -OCH3 is 1. The van der Waals surface area contributed by atoms with E-state index in [1.165, 1.54) is 30.2 Å². The third-order valence-corrected chi connectivity index (χ3v) is 5.85. The van der Waals surface area contributed by atoms with Crippen LogP contribution < -0.4 is 15.0 Å². The summed E-state index contributed by atoms with van der Waals surface area (Å²) in [7, 11) is 1.36. The third-order valence-electron chi connectivity index (χ3n) is 5.85. The van der Waals surface area contributed by atoms with Crippen molar-refractivity contribution in [1.82, 2.24) is 15.5 Å². The van der Waals surface area contributed by atoms with E-state index in [4.69, 9.17) is 9.26 Å². The number of hydrogen-bond acceptors (Lipinski definition) is 5. The fraction of sp³-hybridized carbons (Fsp3) is 0.115. The zero-order chi connectivity index (χ0) is 25.4. The maximum atomic E-state index is 14.3. The Kier molecular flexibility index (Phi) is 5.93. The lowest BCUT2D eigenvalue weighted by Gasteiger charge is -2.35. The number of carbonyl (C=O) groups excluding carboxylic acids is 1. The van der Waals surface area contributed by atoms with E-state index >= 15 is 0 Å². The van der Waals surface area contributed by atoms with Gasteiger partial charge in [-0.3, -0.25) is 4.90 Å². The number of nitrogens with zero attached hydrogens (tertiary/aromatic N) is 3. The van der Waals surface area contributed by atoms with E-state index < -0.39 is 29.5 Å². The molecule has 2 amide bonds. The van der Waals surface area contributed by atoms with Gasteiger partial charge in [0.05, 0.1) is 24.4 Å². The summed E-state index contributed by atoms with van der Waals surface area (Å²) in [4.78, 5) is 18.8. The Balaban J connectivity index is 1.64. The highest BCUT2D eigenvalue weighted by molar-refractivity contribution is 6.01. The number of anilines is 1. The Labute approximate surface area is 203 Å². The summed E-state index contributed by atoms with van der Waals surface area (Å²) in [5, 5.41) is 6.87. The normalized spacial score (nSPS) is 15.8. The predicted molar refractivity (Wildman–Crippen MR) is 125 cm³/mol. The van der Waals surface area contributed by atoms with Crippen LogP contribution in [-0.4, -0.2) is 23.3 Å². The molecule has 2 heterocycles. The van der Waals surface area contributed by atoms with Crippen molar-refractivity contribution >= 4 is 17.3 Å². The number of hydrogen-bond donors (Lipinski definition) is 1. The number of ether oxygens (including phenoxy) is 1. The Morgan fingerprint density at radius 3 is 2.44 bits per heavy atom. The average Bonchev–Trinajstić information content (AvgIpc) is 3.36. The number of aromatic nitrogens is 2. The number of rotatable bonds is 5. The first-order valence-electron chi connectivity index (χ1n) is 10.9. The molecular weight excluding hydrogens is 473 g/mol. The number of allylic oxidation sites excluding steroid dienone is 1. The minimum absolute atomic E-state index is 0.0696. The van der Waals surface area contributed by atoms with Crippen LogP contribution in [0.3, 0.4) is 0 Å². The summed E-state index contributed by atoms with van der Waals surface area (Å²) in [6.45, 7) is 1.64. The lowest BCUT2D eigenvalue weighted by atomic mass is 9.94. The Hall–Kier alpha value is -4.60. The topological polar surface area (TPSA) is 80.5 Å². The van der Waals surface area contributed by atoms with Crippen LogP contribution in [0.5, 0.6) is 5.75 Å². The second-order valence-electron chi connectivity index (χ2n) is 8.00. The van der Waals surface area contributed by atoms with Crippen molar-refractivity contribution in [1.29, 1.82) is 0 Å². The first-order chi connectivity index (χ1) is 17.4. The molecule has 0 radical (unpaired) electrons. The molecule has 1 N–H and O–H groups in total. The minimum atomic E-state index is -1.10. The van der Waals surface area contributed by atoms with Crippen molar-refractivity contribution in [3.8, 4) is 17.1 Å². The highest BCUT2D eigenvalue weighted by Gasteiger charge is 2.36. The van der Waals surface area contributed by atoms with Crippen LogP contribution >= 0.6 is 0 Å². The van der Waals surface area contributed by atoms with Gasteiger partial charge >= 0.3 is 6.03 Å². The number of halogens is 3. The van der Waals surface area contributed by atoms with E-state index in [0.29, 0.717) is 16.8 Å². The number of amides is 2. The molecule has 0 saturated heterocycles. The molecule has 36 heavy (non-hydrogen) atoms. The van der Waals surface area contributed by atoms with E-state index in [-0.39, 0.29) is 23.2 Å². The van der Waals surface area contributed by atoms with Gasteiger partial charge in [-0.15, -0.1) is 0 Å². The van der Waals surface area contributed by atoms with Crippen LogP contribution in [0.25, 0.3) is 17.0 Å². The molecule has 0 spiro atoms. The second-order valence-corrected chi connectivity index (χ2v) is 8.00. The predicted octanol–water partition coefficient (Wildman–Crippen LogP) is 5.86. The summed E-state index contributed by atoms with van der Waals surface area (Å²) in [6, 6.07) is 15.3. The molecule has 1 aromatic heterocycles. The molecule has 1 unspecified atom stereocenters. The summed E-state index contributed by atoms with van der Waals surface area (Å²) in [5.41, 5.74) is 2.02. The van der Waals surface area contributed by atoms with Crippen LogP contribution in [0, 0.1) is 17.5 Å². The molecule has 1 atom stereocenters. The standard InChI is InChI=1S/C26H19F3N4O3/c1-14-22(25-31-24(32-36-25)16-8-11-21(35-2)20(29)12-16)23(15-6-4-3-5-7-15)30-26(34)33(14)17-9-10-18(27)19(28)13-17/h3-13,23H,1-2H3,(H,30,34). The average molecular weight is 492 g/mol.